The largest absolute Gasteiger partial charge is 0.497 e. The Morgan fingerprint density at radius 3 is 2.47 bits per heavy atom. The van der Waals surface area contributed by atoms with Crippen LogP contribution in [0, 0.1) is 17.3 Å². The molecule has 3 nitrogen and oxygen atoms in total. The Balaban J connectivity index is 1.45. The van der Waals surface area contributed by atoms with Crippen molar-refractivity contribution >= 4 is 11.9 Å². The lowest BCUT2D eigenvalue weighted by Crippen LogP contribution is -2.42. The highest BCUT2D eigenvalue weighted by Crippen LogP contribution is 2.60. The quantitative estimate of drug-likeness (QED) is 0.607. The summed E-state index contributed by atoms with van der Waals surface area (Å²) in [6.45, 7) is 2.23. The Morgan fingerprint density at radius 1 is 1.00 bits per heavy atom. The third-order valence-electron chi connectivity index (χ3n) is 8.03. The number of allylic oxidation sites excluding steroid dienone is 1. The number of rotatable bonds is 3. The van der Waals surface area contributed by atoms with Crippen molar-refractivity contribution in [3.05, 3.63) is 64.7 Å². The fraction of sp³-hybridized carbons (Fsp3) is 0.444. The first-order chi connectivity index (χ1) is 14.5. The molecule has 2 saturated carbocycles. The number of ether oxygens (including phenoxy) is 2. The smallest absolute Gasteiger partial charge is 0.165 e. The van der Waals surface area contributed by atoms with Crippen molar-refractivity contribution in [1.82, 2.24) is 0 Å². The Bertz CT molecular complexity index is 1000. The lowest BCUT2D eigenvalue weighted by Gasteiger charge is -2.48. The van der Waals surface area contributed by atoms with E-state index in [0.717, 1.165) is 48.3 Å². The van der Waals surface area contributed by atoms with Crippen LogP contribution in [0.25, 0.3) is 6.08 Å². The van der Waals surface area contributed by atoms with E-state index in [1.165, 1.54) is 17.5 Å². The molecule has 2 fully saturated rings. The van der Waals surface area contributed by atoms with Crippen LogP contribution >= 0.6 is 0 Å². The highest BCUT2D eigenvalue weighted by molar-refractivity contribution is 6.06. The Kier molecular flexibility index (Phi) is 4.72. The van der Waals surface area contributed by atoms with Crippen LogP contribution in [0.4, 0.5) is 0 Å². The number of ketones is 1. The van der Waals surface area contributed by atoms with Crippen molar-refractivity contribution < 1.29 is 14.3 Å². The summed E-state index contributed by atoms with van der Waals surface area (Å²) in [5.41, 5.74) is 4.82. The maximum atomic E-state index is 13.5. The van der Waals surface area contributed by atoms with E-state index in [1.54, 1.807) is 14.2 Å². The minimum absolute atomic E-state index is 0.205. The monoisotopic (exact) mass is 402 g/mol. The molecule has 3 aliphatic carbocycles. The van der Waals surface area contributed by atoms with Crippen molar-refractivity contribution in [1.29, 1.82) is 0 Å². The molecule has 30 heavy (non-hydrogen) atoms. The average Bonchev–Trinajstić information content (AvgIpc) is 3.04. The topological polar surface area (TPSA) is 35.5 Å². The average molecular weight is 403 g/mol. The van der Waals surface area contributed by atoms with Gasteiger partial charge in [-0.3, -0.25) is 4.79 Å². The van der Waals surface area contributed by atoms with Gasteiger partial charge in [0.25, 0.3) is 0 Å². The van der Waals surface area contributed by atoms with Gasteiger partial charge in [-0.25, -0.2) is 0 Å². The molecule has 2 aromatic carbocycles. The molecule has 0 aromatic heterocycles. The van der Waals surface area contributed by atoms with Crippen LogP contribution < -0.4 is 9.47 Å². The van der Waals surface area contributed by atoms with Gasteiger partial charge < -0.3 is 9.47 Å². The molecule has 4 atom stereocenters. The third-order valence-corrected chi connectivity index (χ3v) is 8.03. The van der Waals surface area contributed by atoms with E-state index in [1.807, 2.05) is 24.3 Å². The SMILES string of the molecule is COc1ccc(/C=C2\C[C@H]3[C@@H]4CCc5cc(OC)ccc5[C@H]4CC[C@]3(C)C2=O)cc1. The van der Waals surface area contributed by atoms with Gasteiger partial charge in [0, 0.05) is 5.41 Å². The number of benzene rings is 2. The molecule has 0 aliphatic heterocycles. The molecule has 0 saturated heterocycles. The van der Waals surface area contributed by atoms with Gasteiger partial charge in [0.2, 0.25) is 0 Å². The Morgan fingerprint density at radius 2 is 1.73 bits per heavy atom. The van der Waals surface area contributed by atoms with Crippen molar-refractivity contribution in [3.63, 3.8) is 0 Å². The highest BCUT2D eigenvalue weighted by atomic mass is 16.5. The number of hydrogen-bond donors (Lipinski definition) is 0. The number of carbonyl (C=O) groups is 1. The summed E-state index contributed by atoms with van der Waals surface area (Å²) >= 11 is 0. The minimum atomic E-state index is -0.205. The maximum absolute atomic E-state index is 13.5. The predicted molar refractivity (Wildman–Crippen MR) is 119 cm³/mol. The van der Waals surface area contributed by atoms with Crippen molar-refractivity contribution in [3.8, 4) is 11.5 Å². The van der Waals surface area contributed by atoms with Crippen molar-refractivity contribution in [2.24, 2.45) is 17.3 Å². The zero-order valence-corrected chi connectivity index (χ0v) is 18.1. The summed E-state index contributed by atoms with van der Waals surface area (Å²) in [6.07, 6.45) is 7.39. The second kappa shape index (κ2) is 7.30. The van der Waals surface area contributed by atoms with Gasteiger partial charge in [-0.1, -0.05) is 25.1 Å². The number of Topliss-reactive ketones (excluding diaryl/α,β-unsaturated/α-hetero) is 1. The molecule has 156 valence electrons. The van der Waals surface area contributed by atoms with Gasteiger partial charge in [0.05, 0.1) is 14.2 Å². The van der Waals surface area contributed by atoms with Gasteiger partial charge in [0.15, 0.2) is 5.78 Å². The highest BCUT2D eigenvalue weighted by Gasteiger charge is 2.56. The summed E-state index contributed by atoms with van der Waals surface area (Å²) in [5, 5.41) is 0. The molecule has 0 heterocycles. The zero-order valence-electron chi connectivity index (χ0n) is 18.1. The zero-order chi connectivity index (χ0) is 20.9. The molecule has 3 aliphatic rings. The van der Waals surface area contributed by atoms with Crippen LogP contribution in [-0.2, 0) is 11.2 Å². The predicted octanol–water partition coefficient (Wildman–Crippen LogP) is 5.82. The summed E-state index contributed by atoms with van der Waals surface area (Å²) in [6, 6.07) is 14.6. The van der Waals surface area contributed by atoms with Crippen LogP contribution in [0.15, 0.2) is 48.0 Å². The van der Waals surface area contributed by atoms with Crippen LogP contribution in [-0.4, -0.2) is 20.0 Å². The second-order valence-electron chi connectivity index (χ2n) is 9.41. The Hall–Kier alpha value is -2.55. The molecular formula is C27H30O3. The van der Waals surface area contributed by atoms with Gasteiger partial charge >= 0.3 is 0 Å². The lowest BCUT2D eigenvalue weighted by molar-refractivity contribution is -0.127. The van der Waals surface area contributed by atoms with Crippen LogP contribution in [0.5, 0.6) is 11.5 Å². The van der Waals surface area contributed by atoms with E-state index in [0.29, 0.717) is 23.5 Å². The number of hydrogen-bond acceptors (Lipinski definition) is 3. The van der Waals surface area contributed by atoms with E-state index < -0.39 is 0 Å². The van der Waals surface area contributed by atoms with Gasteiger partial charge in [-0.05, 0) is 102 Å². The first-order valence-electron chi connectivity index (χ1n) is 11.1. The van der Waals surface area contributed by atoms with Gasteiger partial charge in [-0.2, -0.15) is 0 Å². The minimum Gasteiger partial charge on any atom is -0.497 e. The molecule has 2 aromatic rings. The molecule has 5 rings (SSSR count). The van der Waals surface area contributed by atoms with E-state index in [-0.39, 0.29) is 5.41 Å². The molecule has 0 N–H and O–H groups in total. The molecule has 0 spiro atoms. The molecule has 0 bridgehead atoms. The number of methoxy groups -OCH3 is 2. The number of fused-ring (bicyclic) bond motifs is 5. The normalized spacial score (nSPS) is 31.1. The fourth-order valence-corrected chi connectivity index (χ4v) is 6.39. The van der Waals surface area contributed by atoms with Crippen LogP contribution in [0.2, 0.25) is 0 Å². The fourth-order valence-electron chi connectivity index (χ4n) is 6.39. The van der Waals surface area contributed by atoms with E-state index in [2.05, 4.69) is 31.2 Å². The van der Waals surface area contributed by atoms with Crippen LogP contribution in [0.3, 0.4) is 0 Å². The number of aryl methyl sites for hydroxylation is 1. The molecule has 0 unspecified atom stereocenters. The Labute approximate surface area is 179 Å². The maximum Gasteiger partial charge on any atom is 0.165 e. The summed E-state index contributed by atoms with van der Waals surface area (Å²) in [5.74, 6) is 3.79. The van der Waals surface area contributed by atoms with E-state index in [9.17, 15) is 4.79 Å². The number of carbonyl (C=O) groups excluding carboxylic acids is 1. The molecule has 0 radical (unpaired) electrons. The third kappa shape index (κ3) is 2.98. The first-order valence-corrected chi connectivity index (χ1v) is 11.1. The molecule has 3 heteroatoms. The summed E-state index contributed by atoms with van der Waals surface area (Å²) in [7, 11) is 3.41. The van der Waals surface area contributed by atoms with Crippen LogP contribution in [0.1, 0.15) is 55.2 Å². The molecular weight excluding hydrogens is 372 g/mol. The van der Waals surface area contributed by atoms with E-state index >= 15 is 0 Å². The van der Waals surface area contributed by atoms with E-state index in [4.69, 9.17) is 9.47 Å². The molecule has 0 amide bonds. The summed E-state index contributed by atoms with van der Waals surface area (Å²) in [4.78, 5) is 13.5. The standard InChI is InChI=1S/C27H30O3/c1-27-13-12-23-22-11-9-21(30-3)15-18(22)6-10-24(23)25(27)16-19(26(27)28)14-17-4-7-20(29-2)8-5-17/h4-5,7-9,11,14-15,23-25H,6,10,12-13,16H2,1-3H3/b19-14+/t23-,24-,25+,27+/m1/s1. The summed E-state index contributed by atoms with van der Waals surface area (Å²) < 4.78 is 10.7. The first kappa shape index (κ1) is 19.4. The van der Waals surface area contributed by atoms with Gasteiger partial charge in [0.1, 0.15) is 11.5 Å². The van der Waals surface area contributed by atoms with Gasteiger partial charge in [-0.15, -0.1) is 0 Å². The lowest BCUT2D eigenvalue weighted by atomic mass is 9.55. The second-order valence-corrected chi connectivity index (χ2v) is 9.41. The van der Waals surface area contributed by atoms with Crippen molar-refractivity contribution in [2.75, 3.05) is 14.2 Å². The van der Waals surface area contributed by atoms with Crippen molar-refractivity contribution in [2.45, 2.75) is 44.9 Å².